The molecule has 2 nitrogen and oxygen atoms in total. The molecule has 0 atom stereocenters. The van der Waals surface area contributed by atoms with Crippen LogP contribution < -0.4 is 10.1 Å². The molecule has 3 heteroatoms. The van der Waals surface area contributed by atoms with Gasteiger partial charge in [-0.15, -0.1) is 0 Å². The quantitative estimate of drug-likeness (QED) is 0.742. The van der Waals surface area contributed by atoms with Gasteiger partial charge in [-0.05, 0) is 54.5 Å². The molecule has 0 saturated carbocycles. The van der Waals surface area contributed by atoms with Crippen molar-refractivity contribution in [3.8, 4) is 5.75 Å². The number of nitrogens with one attached hydrogen (secondary N) is 1. The fraction of sp³-hybridized carbons (Fsp3) is 0.647. The maximum atomic E-state index is 5.44. The van der Waals surface area contributed by atoms with Crippen molar-refractivity contribution in [3.63, 3.8) is 0 Å². The molecule has 0 heterocycles. The third-order valence-electron chi connectivity index (χ3n) is 3.47. The van der Waals surface area contributed by atoms with Crippen LogP contribution >= 0.6 is 15.9 Å². The minimum Gasteiger partial charge on any atom is -0.496 e. The van der Waals surface area contributed by atoms with Crippen molar-refractivity contribution in [1.82, 2.24) is 5.32 Å². The zero-order chi connectivity index (χ0) is 15.2. The Morgan fingerprint density at radius 3 is 2.60 bits per heavy atom. The molecular weight excluding hydrogens is 314 g/mol. The van der Waals surface area contributed by atoms with Gasteiger partial charge >= 0.3 is 0 Å². The molecule has 1 aromatic carbocycles. The van der Waals surface area contributed by atoms with E-state index < -0.39 is 0 Å². The summed E-state index contributed by atoms with van der Waals surface area (Å²) in [5, 5.41) is 3.56. The zero-order valence-corrected chi connectivity index (χ0v) is 15.0. The van der Waals surface area contributed by atoms with Gasteiger partial charge in [-0.2, -0.15) is 0 Å². The topological polar surface area (TPSA) is 21.3 Å². The number of benzene rings is 1. The summed E-state index contributed by atoms with van der Waals surface area (Å²) < 4.78 is 6.56. The summed E-state index contributed by atoms with van der Waals surface area (Å²) in [7, 11) is 1.74. The van der Waals surface area contributed by atoms with Crippen molar-refractivity contribution in [2.45, 2.75) is 40.5 Å². The molecule has 0 saturated heterocycles. The number of ether oxygens (including phenoxy) is 1. The molecular formula is C17H28BrNO. The average Bonchev–Trinajstić information content (AvgIpc) is 2.36. The second kappa shape index (κ2) is 8.04. The van der Waals surface area contributed by atoms with Crippen LogP contribution in [-0.2, 0) is 6.42 Å². The Morgan fingerprint density at radius 1 is 1.30 bits per heavy atom. The van der Waals surface area contributed by atoms with Crippen molar-refractivity contribution in [2.75, 3.05) is 20.2 Å². The number of rotatable bonds is 8. The lowest BCUT2D eigenvalue weighted by molar-refractivity contribution is 0.306. The number of halogens is 1. The molecule has 0 bridgehead atoms. The van der Waals surface area contributed by atoms with Gasteiger partial charge in [0.25, 0.3) is 0 Å². The highest BCUT2D eigenvalue weighted by Crippen LogP contribution is 2.28. The smallest absolute Gasteiger partial charge is 0.122 e. The van der Waals surface area contributed by atoms with Gasteiger partial charge in [0.15, 0.2) is 0 Å². The molecule has 1 rings (SSSR count). The third kappa shape index (κ3) is 6.27. The van der Waals surface area contributed by atoms with Crippen LogP contribution in [0.25, 0.3) is 0 Å². The lowest BCUT2D eigenvalue weighted by Gasteiger charge is -2.26. The van der Waals surface area contributed by atoms with Crippen LogP contribution in [-0.4, -0.2) is 20.2 Å². The van der Waals surface area contributed by atoms with Crippen LogP contribution in [0.1, 0.15) is 39.7 Å². The van der Waals surface area contributed by atoms with Crippen molar-refractivity contribution in [1.29, 1.82) is 0 Å². The molecule has 0 aliphatic carbocycles. The Labute approximate surface area is 132 Å². The first-order valence-electron chi connectivity index (χ1n) is 7.37. The second-order valence-electron chi connectivity index (χ2n) is 6.65. The maximum absolute atomic E-state index is 5.44. The van der Waals surface area contributed by atoms with Gasteiger partial charge in [0, 0.05) is 11.0 Å². The van der Waals surface area contributed by atoms with E-state index in [4.69, 9.17) is 4.74 Å². The summed E-state index contributed by atoms with van der Waals surface area (Å²) in [6, 6.07) is 6.22. The Kier molecular flexibility index (Phi) is 7.04. The molecule has 1 aromatic rings. The van der Waals surface area contributed by atoms with Gasteiger partial charge < -0.3 is 10.1 Å². The third-order valence-corrected chi connectivity index (χ3v) is 3.96. The highest BCUT2D eigenvalue weighted by atomic mass is 79.9. The largest absolute Gasteiger partial charge is 0.496 e. The van der Waals surface area contributed by atoms with E-state index in [0.717, 1.165) is 36.2 Å². The van der Waals surface area contributed by atoms with E-state index in [2.05, 4.69) is 55.0 Å². The minimum absolute atomic E-state index is 0.294. The highest BCUT2D eigenvalue weighted by molar-refractivity contribution is 9.10. The van der Waals surface area contributed by atoms with Crippen LogP contribution in [0.15, 0.2) is 22.7 Å². The molecule has 0 spiro atoms. The summed E-state index contributed by atoms with van der Waals surface area (Å²) in [5.74, 6) is 1.69. The molecule has 0 fully saturated rings. The first-order chi connectivity index (χ1) is 9.34. The van der Waals surface area contributed by atoms with Crippen LogP contribution in [0, 0.1) is 11.3 Å². The van der Waals surface area contributed by atoms with Crippen LogP contribution in [0.3, 0.4) is 0 Å². The van der Waals surface area contributed by atoms with E-state index in [0.29, 0.717) is 11.3 Å². The van der Waals surface area contributed by atoms with E-state index in [1.165, 1.54) is 5.56 Å². The standard InChI is InChI=1S/C17H28BrNO/c1-13(2)11-19-12-17(3,4)9-8-14-10-15(18)6-7-16(14)20-5/h6-7,10,13,19H,8-9,11-12H2,1-5H3. The average molecular weight is 342 g/mol. The lowest BCUT2D eigenvalue weighted by atomic mass is 9.86. The minimum atomic E-state index is 0.294. The first-order valence-corrected chi connectivity index (χ1v) is 8.16. The van der Waals surface area contributed by atoms with Crippen LogP contribution in [0.4, 0.5) is 0 Å². The Hall–Kier alpha value is -0.540. The number of aryl methyl sites for hydroxylation is 1. The Balaban J connectivity index is 2.54. The fourth-order valence-electron chi connectivity index (χ4n) is 2.20. The summed E-state index contributed by atoms with van der Waals surface area (Å²) in [6.45, 7) is 11.3. The van der Waals surface area contributed by atoms with E-state index in [9.17, 15) is 0 Å². The Bertz CT molecular complexity index is 415. The normalized spacial score (nSPS) is 11.9. The lowest BCUT2D eigenvalue weighted by Crippen LogP contribution is -2.32. The van der Waals surface area contributed by atoms with Crippen molar-refractivity contribution >= 4 is 15.9 Å². The van der Waals surface area contributed by atoms with Crippen molar-refractivity contribution in [2.24, 2.45) is 11.3 Å². The summed E-state index contributed by atoms with van der Waals surface area (Å²) >= 11 is 3.54. The summed E-state index contributed by atoms with van der Waals surface area (Å²) in [4.78, 5) is 0. The van der Waals surface area contributed by atoms with Gasteiger partial charge in [-0.3, -0.25) is 0 Å². The van der Waals surface area contributed by atoms with E-state index in [1.54, 1.807) is 7.11 Å². The Morgan fingerprint density at radius 2 is 2.00 bits per heavy atom. The SMILES string of the molecule is COc1ccc(Br)cc1CCC(C)(C)CNCC(C)C. The number of methoxy groups -OCH3 is 1. The molecule has 0 aliphatic heterocycles. The molecule has 1 N–H and O–H groups in total. The van der Waals surface area contributed by atoms with Crippen LogP contribution in [0.2, 0.25) is 0 Å². The van der Waals surface area contributed by atoms with E-state index in [-0.39, 0.29) is 0 Å². The molecule has 0 amide bonds. The predicted octanol–water partition coefficient (Wildman–Crippen LogP) is 4.66. The van der Waals surface area contributed by atoms with E-state index in [1.807, 2.05) is 12.1 Å². The fourth-order valence-corrected chi connectivity index (χ4v) is 2.61. The van der Waals surface area contributed by atoms with Gasteiger partial charge in [-0.25, -0.2) is 0 Å². The maximum Gasteiger partial charge on any atom is 0.122 e. The van der Waals surface area contributed by atoms with E-state index >= 15 is 0 Å². The van der Waals surface area contributed by atoms with Gasteiger partial charge in [0.1, 0.15) is 5.75 Å². The van der Waals surface area contributed by atoms with Crippen molar-refractivity contribution in [3.05, 3.63) is 28.2 Å². The van der Waals surface area contributed by atoms with Crippen molar-refractivity contribution < 1.29 is 4.74 Å². The monoisotopic (exact) mass is 341 g/mol. The summed E-state index contributed by atoms with van der Waals surface area (Å²) in [6.07, 6.45) is 2.18. The molecule has 0 aromatic heterocycles. The number of hydrogen-bond acceptors (Lipinski definition) is 2. The second-order valence-corrected chi connectivity index (χ2v) is 7.56. The zero-order valence-electron chi connectivity index (χ0n) is 13.4. The van der Waals surface area contributed by atoms with Gasteiger partial charge in [0.05, 0.1) is 7.11 Å². The molecule has 0 aliphatic rings. The van der Waals surface area contributed by atoms with Crippen LogP contribution in [0.5, 0.6) is 5.75 Å². The van der Waals surface area contributed by atoms with Gasteiger partial charge in [0.2, 0.25) is 0 Å². The molecule has 114 valence electrons. The summed E-state index contributed by atoms with van der Waals surface area (Å²) in [5.41, 5.74) is 1.57. The number of hydrogen-bond donors (Lipinski definition) is 1. The first kappa shape index (κ1) is 17.5. The molecule has 0 unspecified atom stereocenters. The highest BCUT2D eigenvalue weighted by Gasteiger charge is 2.18. The predicted molar refractivity (Wildman–Crippen MR) is 90.5 cm³/mol. The molecule has 20 heavy (non-hydrogen) atoms. The molecule has 0 radical (unpaired) electrons. The van der Waals surface area contributed by atoms with Gasteiger partial charge in [-0.1, -0.05) is 43.6 Å².